The van der Waals surface area contributed by atoms with Crippen LogP contribution in [0.1, 0.15) is 92.4 Å². The maximum Gasteiger partial charge on any atom is 0.311 e. The molecule has 0 spiro atoms. The molecule has 0 amide bonds. The first-order chi connectivity index (χ1) is 27.1. The second-order valence-electron chi connectivity index (χ2n) is 20.1. The number of hydrogen-bond acceptors (Lipinski definition) is 15. The molecule has 5 aliphatic carbocycles. The van der Waals surface area contributed by atoms with Crippen molar-refractivity contribution < 1.29 is 79.2 Å². The number of aliphatic hydroxyl groups is 8. The van der Waals surface area contributed by atoms with Crippen LogP contribution in [0.5, 0.6) is 0 Å². The van der Waals surface area contributed by atoms with Crippen molar-refractivity contribution in [2.75, 3.05) is 26.9 Å². The quantitative estimate of drug-likeness (QED) is 0.0923. The number of carboxylic acid groups (broad SMARTS) is 1. The Hall–Kier alpha value is -1.80. The van der Waals surface area contributed by atoms with Crippen molar-refractivity contribution in [2.24, 2.45) is 50.2 Å². The van der Waals surface area contributed by atoms with E-state index in [-0.39, 0.29) is 47.8 Å². The monoisotopic (exact) mass is 826 g/mol. The Morgan fingerprint density at radius 2 is 1.48 bits per heavy atom. The van der Waals surface area contributed by atoms with Gasteiger partial charge in [-0.25, -0.2) is 0 Å². The molecule has 16 nitrogen and oxygen atoms in total. The lowest BCUT2D eigenvalue weighted by Gasteiger charge is -2.71. The maximum absolute atomic E-state index is 13.2. The summed E-state index contributed by atoms with van der Waals surface area (Å²) in [6, 6.07) is 0. The predicted molar refractivity (Wildman–Crippen MR) is 201 cm³/mol. The van der Waals surface area contributed by atoms with Gasteiger partial charge in [0.1, 0.15) is 42.7 Å². The Labute approximate surface area is 339 Å². The molecular weight excluding hydrogens is 760 g/mol. The van der Waals surface area contributed by atoms with E-state index in [0.717, 1.165) is 12.0 Å². The smallest absolute Gasteiger partial charge is 0.311 e. The van der Waals surface area contributed by atoms with E-state index in [0.29, 0.717) is 51.4 Å². The topological polar surface area (TPSA) is 262 Å². The van der Waals surface area contributed by atoms with Gasteiger partial charge in [-0.05, 0) is 98.7 Å². The lowest BCUT2D eigenvalue weighted by molar-refractivity contribution is -0.357. The molecule has 330 valence electrons. The van der Waals surface area contributed by atoms with Gasteiger partial charge in [0.2, 0.25) is 0 Å². The molecule has 9 N–H and O–H groups in total. The number of rotatable bonds is 8. The van der Waals surface area contributed by atoms with Gasteiger partial charge in [-0.1, -0.05) is 39.3 Å². The summed E-state index contributed by atoms with van der Waals surface area (Å²) < 4.78 is 28.5. The van der Waals surface area contributed by atoms with E-state index < -0.39 is 102 Å². The Kier molecular flexibility index (Phi) is 11.6. The molecule has 2 saturated heterocycles. The largest absolute Gasteiger partial charge is 0.481 e. The molecule has 20 atom stereocenters. The fraction of sp³-hybridized carbons (Fsp3) is 0.905. The summed E-state index contributed by atoms with van der Waals surface area (Å²) >= 11 is 0. The van der Waals surface area contributed by atoms with E-state index in [1.54, 1.807) is 0 Å². The number of allylic oxidation sites excluding steroid dienone is 2. The van der Waals surface area contributed by atoms with Gasteiger partial charge in [0.15, 0.2) is 12.6 Å². The summed E-state index contributed by atoms with van der Waals surface area (Å²) in [6.45, 7) is 9.16. The van der Waals surface area contributed by atoms with E-state index in [9.17, 15) is 55.5 Å². The molecule has 0 radical (unpaired) electrons. The number of methoxy groups -OCH3 is 1. The van der Waals surface area contributed by atoms with Crippen molar-refractivity contribution in [1.82, 2.24) is 0 Å². The summed E-state index contributed by atoms with van der Waals surface area (Å²) in [6.07, 6.45) is -8.96. The van der Waals surface area contributed by atoms with Crippen molar-refractivity contribution in [3.05, 3.63) is 11.6 Å². The second-order valence-corrected chi connectivity index (χ2v) is 20.1. The maximum atomic E-state index is 13.2. The molecule has 58 heavy (non-hydrogen) atoms. The third-order valence-corrected chi connectivity index (χ3v) is 17.4. The lowest BCUT2D eigenvalue weighted by atomic mass is 9.33. The summed E-state index contributed by atoms with van der Waals surface area (Å²) in [7, 11) is 1.38. The Morgan fingerprint density at radius 1 is 0.810 bits per heavy atom. The number of carbonyl (C=O) groups is 2. The zero-order valence-corrected chi connectivity index (χ0v) is 34.5. The van der Waals surface area contributed by atoms with Crippen LogP contribution in [0.25, 0.3) is 0 Å². The minimum atomic E-state index is -1.73. The van der Waals surface area contributed by atoms with Gasteiger partial charge < -0.3 is 69.6 Å². The number of carbonyl (C=O) groups excluding carboxylic acids is 1. The molecular formula is C42H66O16. The number of carboxylic acids is 1. The van der Waals surface area contributed by atoms with E-state index >= 15 is 0 Å². The number of hydrogen-bond donors (Lipinski definition) is 9. The first kappa shape index (κ1) is 44.3. The van der Waals surface area contributed by atoms with Crippen LogP contribution in [-0.2, 0) is 33.3 Å². The fourth-order valence-electron chi connectivity index (χ4n) is 13.8. The highest BCUT2D eigenvalue weighted by Crippen LogP contribution is 2.76. The first-order valence-corrected chi connectivity index (χ1v) is 21.0. The standard InChI is InChI=1S/C42H66O16/c1-37(36(53)54-6)11-13-42(35(51)52)14-12-40(4)20(21(42)15-37)7-8-26-38(2)16-22(45)32(39(3,19-44)25(38)9-10-41(26,40)5)58-33-30(49)28(47)24(18-55-33)57-34-31(50)29(48)27(46)23(17-43)56-34/h7,21-34,43-50H,8-19H2,1-6H3,(H,51,52)/t21-,22-,23+,24-,25+,26+,27-,28-,29-,30-,31+,32-,33-,34-,37-,38-,39-,40+,41+,42+/m0/s1. The molecule has 6 fully saturated rings. The van der Waals surface area contributed by atoms with Crippen LogP contribution in [0.2, 0.25) is 0 Å². The van der Waals surface area contributed by atoms with Crippen molar-refractivity contribution >= 4 is 11.9 Å². The number of ether oxygens (including phenoxy) is 5. The van der Waals surface area contributed by atoms with Gasteiger partial charge in [-0.3, -0.25) is 9.59 Å². The van der Waals surface area contributed by atoms with Gasteiger partial charge in [-0.15, -0.1) is 0 Å². The first-order valence-electron chi connectivity index (χ1n) is 21.0. The lowest BCUT2D eigenvalue weighted by Crippen LogP contribution is -2.69. The fourth-order valence-corrected chi connectivity index (χ4v) is 13.8. The molecule has 2 aliphatic heterocycles. The third-order valence-electron chi connectivity index (χ3n) is 17.4. The van der Waals surface area contributed by atoms with Gasteiger partial charge in [-0.2, -0.15) is 0 Å². The molecule has 0 bridgehead atoms. The number of fused-ring (bicyclic) bond motifs is 7. The minimum Gasteiger partial charge on any atom is -0.481 e. The molecule has 16 heteroatoms. The highest BCUT2D eigenvalue weighted by Gasteiger charge is 2.71. The normalized spacial score (nSPS) is 54.2. The van der Waals surface area contributed by atoms with Gasteiger partial charge >= 0.3 is 11.9 Å². The molecule has 0 aromatic carbocycles. The van der Waals surface area contributed by atoms with E-state index in [1.807, 2.05) is 13.8 Å². The van der Waals surface area contributed by atoms with Crippen LogP contribution in [0.4, 0.5) is 0 Å². The average molecular weight is 827 g/mol. The van der Waals surface area contributed by atoms with Gasteiger partial charge in [0, 0.05) is 5.41 Å². The molecule has 7 aliphatic rings. The SMILES string of the molecule is COC(=O)[C@@]1(C)CC[C@@]2(C(=O)O)CC[C@]3(C)C(=CC[C@@H]4[C@@]5(C)C[C@H](O)[C@H](O[C@@H]6OC[C@H](O[C@@H]7O[C@H](CO)[C@H](O)[C@H](O)[C@H]7O)[C@H](O)[C@@H]6O)[C@@](C)(CO)[C@@H]5CC[C@]43C)[C@@H]2C1. The number of aliphatic carboxylic acids is 1. The van der Waals surface area contributed by atoms with E-state index in [2.05, 4.69) is 26.8 Å². The van der Waals surface area contributed by atoms with Crippen molar-refractivity contribution in [1.29, 1.82) is 0 Å². The van der Waals surface area contributed by atoms with Crippen LogP contribution < -0.4 is 0 Å². The third kappa shape index (κ3) is 6.29. The van der Waals surface area contributed by atoms with Gasteiger partial charge in [0.05, 0.1) is 50.0 Å². The van der Waals surface area contributed by atoms with Crippen molar-refractivity contribution in [3.63, 3.8) is 0 Å². The summed E-state index contributed by atoms with van der Waals surface area (Å²) in [5.41, 5.74) is -2.86. The molecule has 7 rings (SSSR count). The Morgan fingerprint density at radius 3 is 2.12 bits per heavy atom. The van der Waals surface area contributed by atoms with Crippen LogP contribution in [0.15, 0.2) is 11.6 Å². The second kappa shape index (κ2) is 15.2. The predicted octanol–water partition coefficient (Wildman–Crippen LogP) is 0.617. The molecule has 0 aromatic rings. The Bertz CT molecular complexity index is 1610. The van der Waals surface area contributed by atoms with Crippen molar-refractivity contribution in [2.45, 2.75) is 160 Å². The van der Waals surface area contributed by atoms with Crippen LogP contribution in [0.3, 0.4) is 0 Å². The average Bonchev–Trinajstić information content (AvgIpc) is 3.18. The van der Waals surface area contributed by atoms with E-state index in [1.165, 1.54) is 7.11 Å². The number of esters is 1. The van der Waals surface area contributed by atoms with E-state index in [4.69, 9.17) is 23.7 Å². The highest BCUT2D eigenvalue weighted by atomic mass is 16.7. The van der Waals surface area contributed by atoms with Gasteiger partial charge in [0.25, 0.3) is 0 Å². The summed E-state index contributed by atoms with van der Waals surface area (Å²) in [4.78, 5) is 26.2. The van der Waals surface area contributed by atoms with Crippen LogP contribution >= 0.6 is 0 Å². The highest BCUT2D eigenvalue weighted by molar-refractivity contribution is 5.80. The van der Waals surface area contributed by atoms with Crippen molar-refractivity contribution in [3.8, 4) is 0 Å². The molecule has 4 saturated carbocycles. The molecule has 0 aromatic heterocycles. The summed E-state index contributed by atoms with van der Waals surface area (Å²) in [5.74, 6) is -1.57. The molecule has 2 heterocycles. The Balaban J connectivity index is 1.11. The summed E-state index contributed by atoms with van der Waals surface area (Å²) in [5, 5.41) is 96.7. The zero-order valence-electron chi connectivity index (χ0n) is 34.5. The van der Waals surface area contributed by atoms with Crippen LogP contribution in [-0.4, -0.2) is 152 Å². The molecule has 0 unspecified atom stereocenters. The zero-order chi connectivity index (χ0) is 42.5. The number of aliphatic hydroxyl groups excluding tert-OH is 8. The van der Waals surface area contributed by atoms with Crippen LogP contribution in [0, 0.1) is 50.2 Å². The minimum absolute atomic E-state index is 0.0422.